The molecule has 150 valence electrons. The van der Waals surface area contributed by atoms with Gasteiger partial charge >= 0.3 is 5.69 Å². The van der Waals surface area contributed by atoms with Crippen molar-refractivity contribution < 1.29 is 22.9 Å². The summed E-state index contributed by atoms with van der Waals surface area (Å²) in [6.07, 6.45) is 2.04. The zero-order valence-electron chi connectivity index (χ0n) is 15.5. The molecule has 11 heteroatoms. The summed E-state index contributed by atoms with van der Waals surface area (Å²) in [5.41, 5.74) is 0.457. The summed E-state index contributed by atoms with van der Waals surface area (Å²) in [5.74, 6) is -0.283. The number of carbonyl (C=O) groups excluding carboxylic acids is 1. The number of hydrogen-bond donors (Lipinski definition) is 0. The third-order valence-corrected chi connectivity index (χ3v) is 6.96. The average Bonchev–Trinajstić information content (AvgIpc) is 3.26. The van der Waals surface area contributed by atoms with Crippen molar-refractivity contribution in [2.45, 2.75) is 51.8 Å². The molecule has 0 spiro atoms. The van der Waals surface area contributed by atoms with Gasteiger partial charge in [0.15, 0.2) is 9.84 Å². The Morgan fingerprint density at radius 1 is 1.41 bits per heavy atom. The van der Waals surface area contributed by atoms with Crippen molar-refractivity contribution >= 4 is 21.4 Å². The van der Waals surface area contributed by atoms with Crippen molar-refractivity contribution in [1.29, 1.82) is 0 Å². The van der Waals surface area contributed by atoms with Gasteiger partial charge in [0.25, 0.3) is 0 Å². The second-order valence-corrected chi connectivity index (χ2v) is 9.40. The highest BCUT2D eigenvalue weighted by Gasteiger charge is 2.37. The maximum absolute atomic E-state index is 13.0. The van der Waals surface area contributed by atoms with Crippen molar-refractivity contribution in [3.8, 4) is 0 Å². The van der Waals surface area contributed by atoms with Crippen LogP contribution in [-0.2, 0) is 25.9 Å². The summed E-state index contributed by atoms with van der Waals surface area (Å²) >= 11 is 0. The molecule has 0 N–H and O–H groups in total. The highest BCUT2D eigenvalue weighted by atomic mass is 32.2. The van der Waals surface area contributed by atoms with Crippen LogP contribution in [-0.4, -0.2) is 70.7 Å². The molecule has 1 aromatic heterocycles. The van der Waals surface area contributed by atoms with Crippen molar-refractivity contribution in [1.82, 2.24) is 14.7 Å². The van der Waals surface area contributed by atoms with Gasteiger partial charge in [-0.15, -0.1) is 0 Å². The number of sulfone groups is 1. The SMILES string of the molecule is Cc1nn(CC(=O)N(C[C@H]2CCCO2)[C@@H]2CCS(=O)(=O)C2)c(C)c1[N+](=O)[O-]. The summed E-state index contributed by atoms with van der Waals surface area (Å²) in [5, 5.41) is 15.3. The van der Waals surface area contributed by atoms with Gasteiger partial charge in [-0.1, -0.05) is 0 Å². The fraction of sp³-hybridized carbons (Fsp3) is 0.750. The first-order valence-corrected chi connectivity index (χ1v) is 10.8. The molecule has 2 aliphatic heterocycles. The largest absolute Gasteiger partial charge is 0.376 e. The normalized spacial score (nSPS) is 24.2. The number of ether oxygens (including phenoxy) is 1. The van der Waals surface area contributed by atoms with E-state index in [4.69, 9.17) is 4.74 Å². The summed E-state index contributed by atoms with van der Waals surface area (Å²) < 4.78 is 30.7. The molecule has 2 aliphatic rings. The topological polar surface area (TPSA) is 125 Å². The fourth-order valence-corrected chi connectivity index (χ4v) is 5.54. The van der Waals surface area contributed by atoms with E-state index in [9.17, 15) is 23.3 Å². The van der Waals surface area contributed by atoms with Gasteiger partial charge in [-0.05, 0) is 33.1 Å². The van der Waals surface area contributed by atoms with Gasteiger partial charge in [-0.3, -0.25) is 19.6 Å². The van der Waals surface area contributed by atoms with Gasteiger partial charge in [-0.25, -0.2) is 8.42 Å². The summed E-state index contributed by atoms with van der Waals surface area (Å²) in [6, 6.07) is -0.390. The Kier molecular flexibility index (Phi) is 5.52. The molecule has 10 nitrogen and oxygen atoms in total. The molecule has 0 aliphatic carbocycles. The second kappa shape index (κ2) is 7.55. The van der Waals surface area contributed by atoms with Crippen LogP contribution in [0, 0.1) is 24.0 Å². The maximum atomic E-state index is 13.0. The number of aromatic nitrogens is 2. The van der Waals surface area contributed by atoms with Gasteiger partial charge in [0.05, 0.1) is 22.5 Å². The predicted octanol–water partition coefficient (Wildman–Crippen LogP) is 0.603. The van der Waals surface area contributed by atoms with E-state index >= 15 is 0 Å². The lowest BCUT2D eigenvalue weighted by molar-refractivity contribution is -0.386. The first-order valence-electron chi connectivity index (χ1n) is 8.98. The van der Waals surface area contributed by atoms with E-state index in [-0.39, 0.29) is 41.4 Å². The molecular formula is C16H24N4O6S. The zero-order chi connectivity index (χ0) is 19.8. The van der Waals surface area contributed by atoms with Crippen LogP contribution in [0.15, 0.2) is 0 Å². The third-order valence-electron chi connectivity index (χ3n) is 5.20. The lowest BCUT2D eigenvalue weighted by Gasteiger charge is -2.30. The van der Waals surface area contributed by atoms with Crippen LogP contribution in [0.2, 0.25) is 0 Å². The Morgan fingerprint density at radius 2 is 2.15 bits per heavy atom. The van der Waals surface area contributed by atoms with Crippen LogP contribution in [0.3, 0.4) is 0 Å². The number of rotatable bonds is 6. The lowest BCUT2D eigenvalue weighted by Crippen LogP contribution is -2.46. The molecule has 1 amide bonds. The molecule has 2 fully saturated rings. The first-order chi connectivity index (χ1) is 12.7. The van der Waals surface area contributed by atoms with Crippen molar-refractivity contribution in [3.63, 3.8) is 0 Å². The van der Waals surface area contributed by atoms with E-state index in [1.54, 1.807) is 11.8 Å². The Morgan fingerprint density at radius 3 is 2.67 bits per heavy atom. The van der Waals surface area contributed by atoms with Crippen molar-refractivity contribution in [2.75, 3.05) is 24.7 Å². The molecule has 2 saturated heterocycles. The minimum Gasteiger partial charge on any atom is -0.376 e. The number of aryl methyl sites for hydroxylation is 1. The van der Waals surface area contributed by atoms with Crippen LogP contribution >= 0.6 is 0 Å². The standard InChI is InChI=1S/C16H24N4O6S/c1-11-16(20(22)23)12(2)19(17-11)9-15(21)18(8-14-4-3-6-26-14)13-5-7-27(24,25)10-13/h13-14H,3-10H2,1-2H3/t13-,14-/m1/s1. The monoisotopic (exact) mass is 400 g/mol. The van der Waals surface area contributed by atoms with Crippen LogP contribution in [0.5, 0.6) is 0 Å². The quantitative estimate of drug-likeness (QED) is 0.506. The van der Waals surface area contributed by atoms with Crippen LogP contribution in [0.4, 0.5) is 5.69 Å². The zero-order valence-corrected chi connectivity index (χ0v) is 16.3. The lowest BCUT2D eigenvalue weighted by atomic mass is 10.1. The number of nitrogens with zero attached hydrogens (tertiary/aromatic N) is 4. The molecule has 0 saturated carbocycles. The van der Waals surface area contributed by atoms with Gasteiger partial charge in [0.1, 0.15) is 17.9 Å². The molecule has 0 bridgehead atoms. The Labute approximate surface area is 157 Å². The van der Waals surface area contributed by atoms with Gasteiger partial charge < -0.3 is 9.64 Å². The van der Waals surface area contributed by atoms with E-state index < -0.39 is 20.8 Å². The molecule has 1 aromatic rings. The van der Waals surface area contributed by atoms with Crippen LogP contribution < -0.4 is 0 Å². The molecule has 3 rings (SSSR count). The molecular weight excluding hydrogens is 376 g/mol. The van der Waals surface area contributed by atoms with E-state index in [1.165, 1.54) is 11.6 Å². The molecule has 3 heterocycles. The van der Waals surface area contributed by atoms with E-state index in [2.05, 4.69) is 5.10 Å². The Hall–Kier alpha value is -2.01. The summed E-state index contributed by atoms with van der Waals surface area (Å²) in [4.78, 5) is 25.2. The van der Waals surface area contributed by atoms with Crippen LogP contribution in [0.25, 0.3) is 0 Å². The summed E-state index contributed by atoms with van der Waals surface area (Å²) in [6.45, 7) is 3.89. The van der Waals surface area contributed by atoms with E-state index in [1.807, 2.05) is 0 Å². The average molecular weight is 400 g/mol. The van der Waals surface area contributed by atoms with Crippen molar-refractivity contribution in [2.24, 2.45) is 0 Å². The van der Waals surface area contributed by atoms with Crippen LogP contribution in [0.1, 0.15) is 30.7 Å². The molecule has 27 heavy (non-hydrogen) atoms. The molecule has 2 atom stereocenters. The molecule has 0 aromatic carbocycles. The number of carbonyl (C=O) groups is 1. The van der Waals surface area contributed by atoms with Crippen molar-refractivity contribution in [3.05, 3.63) is 21.5 Å². The van der Waals surface area contributed by atoms with Gasteiger partial charge in [0, 0.05) is 19.2 Å². The van der Waals surface area contributed by atoms with E-state index in [0.717, 1.165) is 12.8 Å². The van der Waals surface area contributed by atoms with E-state index in [0.29, 0.717) is 25.3 Å². The second-order valence-electron chi connectivity index (χ2n) is 7.17. The molecule has 0 radical (unpaired) electrons. The summed E-state index contributed by atoms with van der Waals surface area (Å²) in [7, 11) is -3.15. The van der Waals surface area contributed by atoms with Gasteiger partial charge in [-0.2, -0.15) is 5.10 Å². The third kappa shape index (κ3) is 4.29. The first kappa shape index (κ1) is 19.7. The Balaban J connectivity index is 1.80. The van der Waals surface area contributed by atoms with Gasteiger partial charge in [0.2, 0.25) is 5.91 Å². The smallest absolute Gasteiger partial charge is 0.312 e. The number of nitro groups is 1. The Bertz CT molecular complexity index is 843. The number of amides is 1. The fourth-order valence-electron chi connectivity index (χ4n) is 3.81. The highest BCUT2D eigenvalue weighted by molar-refractivity contribution is 7.91. The molecule has 0 unspecified atom stereocenters. The highest BCUT2D eigenvalue weighted by Crippen LogP contribution is 2.24. The predicted molar refractivity (Wildman–Crippen MR) is 96.1 cm³/mol. The maximum Gasteiger partial charge on any atom is 0.312 e. The minimum absolute atomic E-state index is 0.0529. The minimum atomic E-state index is -3.15. The number of hydrogen-bond acceptors (Lipinski definition) is 7.